The molecule has 19 heteroatoms. The molecule has 0 fully saturated rings. The van der Waals surface area contributed by atoms with E-state index in [0.29, 0.717) is 31.6 Å². The number of aliphatic hydroxyl groups is 1. The van der Waals surface area contributed by atoms with E-state index in [2.05, 4.69) is 48.5 Å². The first-order valence-electron chi connectivity index (χ1n) is 35.9. The van der Waals surface area contributed by atoms with Crippen molar-refractivity contribution in [2.45, 2.75) is 362 Å². The average molecular weight is 1300 g/mol. The van der Waals surface area contributed by atoms with Crippen LogP contribution in [0.25, 0.3) is 0 Å². The number of phosphoric acid groups is 2. The number of esters is 4. The molecule has 0 radical (unpaired) electrons. The zero-order valence-corrected chi connectivity index (χ0v) is 59.0. The van der Waals surface area contributed by atoms with Gasteiger partial charge in [-0.25, -0.2) is 9.13 Å². The number of ether oxygens (including phenoxy) is 4. The van der Waals surface area contributed by atoms with Gasteiger partial charge in [0.05, 0.1) is 26.4 Å². The van der Waals surface area contributed by atoms with Crippen molar-refractivity contribution in [3.63, 3.8) is 0 Å². The molecule has 6 atom stereocenters. The van der Waals surface area contributed by atoms with Crippen molar-refractivity contribution in [1.82, 2.24) is 0 Å². The van der Waals surface area contributed by atoms with Crippen LogP contribution in [0.4, 0.5) is 0 Å². The molecular formula is C69H134O17P2. The van der Waals surface area contributed by atoms with Crippen LogP contribution in [0, 0.1) is 17.8 Å². The third kappa shape index (κ3) is 61.6. The molecule has 0 aromatic carbocycles. The van der Waals surface area contributed by atoms with E-state index < -0.39 is 97.5 Å². The number of carbonyl (C=O) groups excluding carboxylic acids is 4. The Morgan fingerprint density at radius 3 is 0.864 bits per heavy atom. The molecule has 0 saturated carbocycles. The number of carbonyl (C=O) groups is 4. The fourth-order valence-corrected chi connectivity index (χ4v) is 11.9. The molecule has 0 rings (SSSR count). The van der Waals surface area contributed by atoms with Crippen molar-refractivity contribution in [2.24, 2.45) is 17.8 Å². The second-order valence-electron chi connectivity index (χ2n) is 26.1. The molecule has 0 amide bonds. The maximum absolute atomic E-state index is 13.0. The monoisotopic (exact) mass is 1300 g/mol. The van der Waals surface area contributed by atoms with Gasteiger partial charge in [0, 0.05) is 25.7 Å². The van der Waals surface area contributed by atoms with Crippen LogP contribution in [-0.2, 0) is 65.4 Å². The van der Waals surface area contributed by atoms with Gasteiger partial charge in [-0.3, -0.25) is 37.3 Å². The quantitative estimate of drug-likeness (QED) is 0.0222. The summed E-state index contributed by atoms with van der Waals surface area (Å²) in [5.74, 6) is 0.0703. The first-order valence-corrected chi connectivity index (χ1v) is 38.9. The van der Waals surface area contributed by atoms with Gasteiger partial charge in [-0.2, -0.15) is 0 Å². The first kappa shape index (κ1) is 86.1. The molecule has 0 bridgehead atoms. The van der Waals surface area contributed by atoms with E-state index in [-0.39, 0.29) is 25.7 Å². The minimum Gasteiger partial charge on any atom is -0.462 e. The van der Waals surface area contributed by atoms with E-state index in [1.165, 1.54) is 148 Å². The lowest BCUT2D eigenvalue weighted by Crippen LogP contribution is -2.30. The lowest BCUT2D eigenvalue weighted by molar-refractivity contribution is -0.161. The van der Waals surface area contributed by atoms with E-state index in [9.17, 15) is 43.2 Å². The predicted molar refractivity (Wildman–Crippen MR) is 354 cm³/mol. The van der Waals surface area contributed by atoms with Gasteiger partial charge in [0.15, 0.2) is 12.2 Å². The summed E-state index contributed by atoms with van der Waals surface area (Å²) < 4.78 is 68.2. The zero-order chi connectivity index (χ0) is 65.2. The third-order valence-corrected chi connectivity index (χ3v) is 18.1. The van der Waals surface area contributed by atoms with E-state index in [1.54, 1.807) is 0 Å². The van der Waals surface area contributed by atoms with Crippen molar-refractivity contribution in [3.8, 4) is 0 Å². The summed E-state index contributed by atoms with van der Waals surface area (Å²) in [5, 5.41) is 10.6. The fraction of sp³-hybridized carbons (Fsp3) is 0.942. The molecule has 0 saturated heterocycles. The molecular weight excluding hydrogens is 1160 g/mol. The molecule has 0 heterocycles. The minimum absolute atomic E-state index is 0.103. The molecule has 3 unspecified atom stereocenters. The van der Waals surface area contributed by atoms with Crippen molar-refractivity contribution in [1.29, 1.82) is 0 Å². The zero-order valence-electron chi connectivity index (χ0n) is 57.2. The number of hydrogen-bond donors (Lipinski definition) is 3. The van der Waals surface area contributed by atoms with Crippen LogP contribution in [0.5, 0.6) is 0 Å². The van der Waals surface area contributed by atoms with E-state index in [1.807, 2.05) is 0 Å². The number of rotatable bonds is 67. The summed E-state index contributed by atoms with van der Waals surface area (Å²) >= 11 is 0. The van der Waals surface area contributed by atoms with Crippen LogP contribution in [-0.4, -0.2) is 96.7 Å². The molecule has 0 spiro atoms. The van der Waals surface area contributed by atoms with Gasteiger partial charge in [-0.05, 0) is 43.4 Å². The molecule has 522 valence electrons. The Balaban J connectivity index is 5.25. The Bertz CT molecular complexity index is 1730. The summed E-state index contributed by atoms with van der Waals surface area (Å²) in [4.78, 5) is 72.5. The molecule has 0 aliphatic carbocycles. The fourth-order valence-electron chi connectivity index (χ4n) is 10.3. The SMILES string of the molecule is CCCCCCCCCCCCCCCCC(=O)OC[C@H](COP(=O)(O)OC[C@@H](O)COP(=O)(O)OC[C@@H](COC(=O)CCCCCCCCC(C)C)OC(=O)CCCCCCCCCCC(C)C)OC(=O)CCCCCCCCCCCCC(C)CC. The van der Waals surface area contributed by atoms with Crippen LogP contribution in [0.1, 0.15) is 344 Å². The van der Waals surface area contributed by atoms with Gasteiger partial charge in [0.25, 0.3) is 0 Å². The Kier molecular flexibility index (Phi) is 58.7. The van der Waals surface area contributed by atoms with Crippen molar-refractivity contribution < 1.29 is 80.2 Å². The van der Waals surface area contributed by atoms with Crippen molar-refractivity contribution in [2.75, 3.05) is 39.6 Å². The molecule has 0 aliphatic rings. The second kappa shape index (κ2) is 60.0. The van der Waals surface area contributed by atoms with Crippen LogP contribution < -0.4 is 0 Å². The maximum Gasteiger partial charge on any atom is 0.472 e. The number of hydrogen-bond acceptors (Lipinski definition) is 15. The van der Waals surface area contributed by atoms with Crippen LogP contribution in [0.2, 0.25) is 0 Å². The topological polar surface area (TPSA) is 237 Å². The molecule has 0 aromatic rings. The Morgan fingerprint density at radius 2 is 0.580 bits per heavy atom. The smallest absolute Gasteiger partial charge is 0.462 e. The number of aliphatic hydroxyl groups excluding tert-OH is 1. The van der Waals surface area contributed by atoms with Crippen LogP contribution in [0.15, 0.2) is 0 Å². The highest BCUT2D eigenvalue weighted by molar-refractivity contribution is 7.47. The standard InChI is InChI=1S/C69H134O17P2/c1-8-10-11-12-13-14-15-16-17-18-22-28-36-43-50-66(71)79-56-64(85-68(73)52-45-38-29-23-20-19-21-27-35-42-49-62(7)9-2)58-83-87(75,76)81-54-63(70)55-82-88(77,78)84-59-65(57-80-67(72)51-44-37-32-31-34-41-48-61(5)6)86-69(74)53-46-39-30-25-24-26-33-40-47-60(3)4/h60-65,70H,8-59H2,1-7H3,(H,75,76)(H,77,78)/t62?,63-,64-,65-/m1/s1. The van der Waals surface area contributed by atoms with Gasteiger partial charge in [-0.1, -0.05) is 292 Å². The summed E-state index contributed by atoms with van der Waals surface area (Å²) in [7, 11) is -9.90. The average Bonchev–Trinajstić information content (AvgIpc) is 3.69. The van der Waals surface area contributed by atoms with E-state index in [0.717, 1.165) is 108 Å². The second-order valence-corrected chi connectivity index (χ2v) is 29.0. The Hall–Kier alpha value is -1.94. The van der Waals surface area contributed by atoms with Crippen LogP contribution in [0.3, 0.4) is 0 Å². The third-order valence-electron chi connectivity index (χ3n) is 16.2. The largest absolute Gasteiger partial charge is 0.472 e. The van der Waals surface area contributed by atoms with Gasteiger partial charge < -0.3 is 33.8 Å². The molecule has 0 aromatic heterocycles. The molecule has 3 N–H and O–H groups in total. The Morgan fingerprint density at radius 1 is 0.330 bits per heavy atom. The summed E-state index contributed by atoms with van der Waals surface area (Å²) in [6, 6.07) is 0. The highest BCUT2D eigenvalue weighted by atomic mass is 31.2. The van der Waals surface area contributed by atoms with Crippen LogP contribution >= 0.6 is 15.6 Å². The summed E-state index contributed by atoms with van der Waals surface area (Å²) in [6.45, 7) is 11.7. The van der Waals surface area contributed by atoms with E-state index >= 15 is 0 Å². The predicted octanol–water partition coefficient (Wildman–Crippen LogP) is 19.5. The Labute approximate surface area is 537 Å². The van der Waals surface area contributed by atoms with Gasteiger partial charge >= 0.3 is 39.5 Å². The first-order chi connectivity index (χ1) is 42.3. The van der Waals surface area contributed by atoms with Crippen molar-refractivity contribution in [3.05, 3.63) is 0 Å². The highest BCUT2D eigenvalue weighted by Crippen LogP contribution is 2.45. The maximum atomic E-state index is 13.0. The van der Waals surface area contributed by atoms with E-state index in [4.69, 9.17) is 37.0 Å². The van der Waals surface area contributed by atoms with Gasteiger partial charge in [0.2, 0.25) is 0 Å². The number of unbranched alkanes of at least 4 members (excludes halogenated alkanes) is 34. The lowest BCUT2D eigenvalue weighted by atomic mass is 9.99. The molecule has 17 nitrogen and oxygen atoms in total. The highest BCUT2D eigenvalue weighted by Gasteiger charge is 2.30. The van der Waals surface area contributed by atoms with Gasteiger partial charge in [-0.15, -0.1) is 0 Å². The summed E-state index contributed by atoms with van der Waals surface area (Å²) in [5.41, 5.74) is 0. The number of phosphoric ester groups is 2. The lowest BCUT2D eigenvalue weighted by Gasteiger charge is -2.21. The molecule has 88 heavy (non-hydrogen) atoms. The van der Waals surface area contributed by atoms with Gasteiger partial charge in [0.1, 0.15) is 19.3 Å². The van der Waals surface area contributed by atoms with Crippen molar-refractivity contribution >= 4 is 39.5 Å². The summed E-state index contributed by atoms with van der Waals surface area (Å²) in [6.07, 6.45) is 43.1. The normalized spacial score (nSPS) is 14.5. The minimum atomic E-state index is -4.95. The molecule has 0 aliphatic heterocycles.